The topological polar surface area (TPSA) is 190 Å². The van der Waals surface area contributed by atoms with Crippen molar-refractivity contribution in [3.8, 4) is 18.1 Å². The number of esters is 1. The number of fused-ring (bicyclic) bond motifs is 1. The van der Waals surface area contributed by atoms with E-state index in [0.29, 0.717) is 5.56 Å². The van der Waals surface area contributed by atoms with Gasteiger partial charge in [-0.25, -0.2) is 9.55 Å². The number of aromatic nitrogens is 4. The Morgan fingerprint density at radius 1 is 1.24 bits per heavy atom. The van der Waals surface area contributed by atoms with E-state index in [-0.39, 0.29) is 35.6 Å². The van der Waals surface area contributed by atoms with Crippen molar-refractivity contribution >= 4 is 36.7 Å². The molecule has 1 saturated heterocycles. The number of imidazole rings is 1. The van der Waals surface area contributed by atoms with Crippen LogP contribution in [-0.4, -0.2) is 60.9 Å². The number of hydrogen-bond acceptors (Lipinski definition) is 11. The molecular weight excluding hydrogens is 610 g/mol. The highest BCUT2D eigenvalue weighted by Gasteiger charge is 2.53. The normalized spacial score (nSPS) is 21.4. The van der Waals surface area contributed by atoms with Gasteiger partial charge in [0.1, 0.15) is 30.7 Å². The maximum absolute atomic E-state index is 14.3. The Morgan fingerprint density at radius 2 is 1.93 bits per heavy atom. The summed E-state index contributed by atoms with van der Waals surface area (Å²) in [5, 5.41) is 12.5. The van der Waals surface area contributed by atoms with Gasteiger partial charge in [-0.05, 0) is 24.1 Å². The van der Waals surface area contributed by atoms with Crippen LogP contribution in [0.3, 0.4) is 0 Å². The Labute approximate surface area is 256 Å². The number of para-hydroxylation sites is 1. The number of rotatable bonds is 12. The fraction of sp³-hybridized carbons (Fsp3) is 0.276. The Kier molecular flexibility index (Phi) is 9.12. The lowest BCUT2D eigenvalue weighted by atomic mass is 9.98. The van der Waals surface area contributed by atoms with Crippen molar-refractivity contribution in [1.29, 1.82) is 0 Å². The van der Waals surface area contributed by atoms with Crippen molar-refractivity contribution < 1.29 is 42.2 Å². The zero-order valence-electron chi connectivity index (χ0n) is 23.8. The standard InChI is InChI=1S/C29H28FN6O8P/c1-3-29(22(42-18(2)37)15-23(43-29)36-17-32-24-25(31)33-28(30)34-26(24)36)16-41-45(40,44-20-12-8-5-9-13-20)35-21(27(38)39)14-19-10-6-4-7-11-19/h1,4-13,17,21-23H,14-16H2,2H3,(H,35,40)(H,38,39)(H2,31,33,34)/t21?,22-,23+,29+,45-/m0/s1. The molecule has 16 heteroatoms. The second kappa shape index (κ2) is 13.0. The van der Waals surface area contributed by atoms with E-state index in [9.17, 15) is 23.7 Å². The lowest BCUT2D eigenvalue weighted by Crippen LogP contribution is -2.46. The number of nitrogen functional groups attached to an aromatic ring is 1. The summed E-state index contributed by atoms with van der Waals surface area (Å²) in [5.74, 6) is 0.324. The molecule has 0 amide bonds. The zero-order valence-corrected chi connectivity index (χ0v) is 24.7. The van der Waals surface area contributed by atoms with Crippen molar-refractivity contribution in [2.75, 3.05) is 12.3 Å². The van der Waals surface area contributed by atoms with E-state index in [1.165, 1.54) is 23.0 Å². The zero-order chi connectivity index (χ0) is 32.2. The predicted molar refractivity (Wildman–Crippen MR) is 157 cm³/mol. The number of nitrogens with two attached hydrogens (primary N) is 1. The molecule has 4 aromatic rings. The third kappa shape index (κ3) is 7.11. The molecule has 0 radical (unpaired) electrons. The van der Waals surface area contributed by atoms with E-state index in [1.54, 1.807) is 48.5 Å². The minimum atomic E-state index is -4.54. The van der Waals surface area contributed by atoms with Gasteiger partial charge in [-0.2, -0.15) is 19.4 Å². The molecule has 234 valence electrons. The Morgan fingerprint density at radius 3 is 2.58 bits per heavy atom. The summed E-state index contributed by atoms with van der Waals surface area (Å²) in [6, 6.07) is 15.2. The highest BCUT2D eigenvalue weighted by Crippen LogP contribution is 2.48. The van der Waals surface area contributed by atoms with Crippen LogP contribution in [0.15, 0.2) is 67.0 Å². The first-order chi connectivity index (χ1) is 21.5. The highest BCUT2D eigenvalue weighted by molar-refractivity contribution is 7.52. The molecule has 1 aliphatic heterocycles. The van der Waals surface area contributed by atoms with E-state index in [0.717, 1.165) is 6.92 Å². The lowest BCUT2D eigenvalue weighted by Gasteiger charge is -2.31. The van der Waals surface area contributed by atoms with E-state index < -0.39 is 56.3 Å². The number of nitrogens with zero attached hydrogens (tertiary/aromatic N) is 4. The third-order valence-corrected chi connectivity index (χ3v) is 8.43. The van der Waals surface area contributed by atoms with Gasteiger partial charge in [-0.15, -0.1) is 6.42 Å². The average Bonchev–Trinajstić information content (AvgIpc) is 3.58. The van der Waals surface area contributed by atoms with Crippen molar-refractivity contribution in [2.45, 2.75) is 43.7 Å². The summed E-state index contributed by atoms with van der Waals surface area (Å²) < 4.78 is 52.8. The van der Waals surface area contributed by atoms with Crippen LogP contribution in [0.25, 0.3) is 11.2 Å². The van der Waals surface area contributed by atoms with Gasteiger partial charge in [0.05, 0.1) is 6.33 Å². The first-order valence-electron chi connectivity index (χ1n) is 13.5. The largest absolute Gasteiger partial charge is 0.480 e. The van der Waals surface area contributed by atoms with Crippen LogP contribution in [-0.2, 0) is 34.6 Å². The number of hydrogen-bond donors (Lipinski definition) is 3. The number of carbonyl (C=O) groups is 2. The molecule has 2 aromatic heterocycles. The van der Waals surface area contributed by atoms with Crippen LogP contribution in [0.5, 0.6) is 5.75 Å². The van der Waals surface area contributed by atoms with Gasteiger partial charge >= 0.3 is 25.8 Å². The summed E-state index contributed by atoms with van der Waals surface area (Å²) in [6.45, 7) is 0.474. The highest BCUT2D eigenvalue weighted by atomic mass is 31.2. The van der Waals surface area contributed by atoms with Gasteiger partial charge in [-0.1, -0.05) is 54.5 Å². The Balaban J connectivity index is 1.46. The summed E-state index contributed by atoms with van der Waals surface area (Å²) in [6.07, 6.45) is 3.77. The number of carboxylic acids is 1. The number of halogens is 1. The fourth-order valence-electron chi connectivity index (χ4n) is 4.79. The summed E-state index contributed by atoms with van der Waals surface area (Å²) in [7, 11) is -4.54. The van der Waals surface area contributed by atoms with E-state index >= 15 is 0 Å². The van der Waals surface area contributed by atoms with Crippen LogP contribution in [0.2, 0.25) is 0 Å². The number of carboxylic acid groups (broad SMARTS) is 1. The number of aliphatic carboxylic acids is 1. The van der Waals surface area contributed by atoms with Crippen LogP contribution in [0.1, 0.15) is 25.1 Å². The smallest absolute Gasteiger partial charge is 0.459 e. The molecule has 4 N–H and O–H groups in total. The number of nitrogens with one attached hydrogen (secondary N) is 1. The van der Waals surface area contributed by atoms with E-state index in [4.69, 9.17) is 30.7 Å². The third-order valence-electron chi connectivity index (χ3n) is 6.88. The number of benzene rings is 2. The number of carbonyl (C=O) groups excluding carboxylic acids is 1. The fourth-order valence-corrected chi connectivity index (χ4v) is 6.32. The van der Waals surface area contributed by atoms with Crippen LogP contribution >= 0.6 is 7.75 Å². The van der Waals surface area contributed by atoms with Gasteiger partial charge in [-0.3, -0.25) is 18.7 Å². The predicted octanol–water partition coefficient (Wildman–Crippen LogP) is 3.26. The van der Waals surface area contributed by atoms with Crippen molar-refractivity contribution in [2.24, 2.45) is 0 Å². The van der Waals surface area contributed by atoms with Crippen molar-refractivity contribution in [3.63, 3.8) is 0 Å². The van der Waals surface area contributed by atoms with Crippen LogP contribution in [0.4, 0.5) is 10.2 Å². The molecule has 45 heavy (non-hydrogen) atoms. The number of ether oxygens (including phenoxy) is 2. The average molecular weight is 639 g/mol. The SMILES string of the molecule is C#C[C@]1(CO[P@@](=O)(NC(Cc2ccccc2)C(=O)O)Oc2ccccc2)O[C@@H](n2cnc3c(N)nc(F)nc32)C[C@@H]1OC(C)=O. The molecule has 2 aromatic carbocycles. The van der Waals surface area contributed by atoms with Gasteiger partial charge in [0.2, 0.25) is 0 Å². The monoisotopic (exact) mass is 638 g/mol. The first kappa shape index (κ1) is 31.6. The van der Waals surface area contributed by atoms with Crippen molar-refractivity contribution in [1.82, 2.24) is 24.6 Å². The van der Waals surface area contributed by atoms with Crippen LogP contribution < -0.4 is 15.3 Å². The van der Waals surface area contributed by atoms with E-state index in [1.807, 2.05) is 0 Å². The van der Waals surface area contributed by atoms with Crippen LogP contribution in [0, 0.1) is 18.4 Å². The number of terminal acetylenes is 1. The van der Waals surface area contributed by atoms with E-state index in [2.05, 4.69) is 26.0 Å². The molecule has 1 fully saturated rings. The number of anilines is 1. The molecular formula is C29H28FN6O8P. The summed E-state index contributed by atoms with van der Waals surface area (Å²) >= 11 is 0. The first-order valence-corrected chi connectivity index (χ1v) is 15.1. The van der Waals surface area contributed by atoms with Gasteiger partial charge < -0.3 is 24.8 Å². The molecule has 3 heterocycles. The Hall–Kier alpha value is -4.87. The van der Waals surface area contributed by atoms with Gasteiger partial charge in [0.25, 0.3) is 0 Å². The minimum absolute atomic E-state index is 0.00900. The molecule has 0 saturated carbocycles. The molecule has 1 aliphatic rings. The molecule has 14 nitrogen and oxygen atoms in total. The Bertz CT molecular complexity index is 1790. The molecule has 1 unspecified atom stereocenters. The maximum atomic E-state index is 14.3. The second-order valence-electron chi connectivity index (χ2n) is 10.0. The van der Waals surface area contributed by atoms with Crippen molar-refractivity contribution in [3.05, 3.63) is 78.6 Å². The molecule has 5 rings (SSSR count). The lowest BCUT2D eigenvalue weighted by molar-refractivity contribution is -0.155. The molecule has 0 spiro atoms. The second-order valence-corrected chi connectivity index (χ2v) is 11.7. The maximum Gasteiger partial charge on any atom is 0.459 e. The quantitative estimate of drug-likeness (QED) is 0.0888. The van der Waals surface area contributed by atoms with Gasteiger partial charge in [0, 0.05) is 13.3 Å². The summed E-state index contributed by atoms with van der Waals surface area (Å²) in [4.78, 5) is 35.7. The molecule has 5 atom stereocenters. The molecule has 0 bridgehead atoms. The van der Waals surface area contributed by atoms with Gasteiger partial charge in [0.15, 0.2) is 22.6 Å². The summed E-state index contributed by atoms with van der Waals surface area (Å²) in [5.41, 5.74) is 4.65. The minimum Gasteiger partial charge on any atom is -0.480 e. The molecule has 0 aliphatic carbocycles.